The van der Waals surface area contributed by atoms with Crippen LogP contribution in [0.4, 0.5) is 0 Å². The van der Waals surface area contributed by atoms with Crippen LogP contribution in [0.3, 0.4) is 0 Å². The molecular formula is C20H20O2. The lowest BCUT2D eigenvalue weighted by molar-refractivity contribution is 0.0986. The van der Waals surface area contributed by atoms with Gasteiger partial charge in [-0.15, -0.1) is 0 Å². The van der Waals surface area contributed by atoms with Gasteiger partial charge in [0.05, 0.1) is 0 Å². The molecular weight excluding hydrogens is 272 g/mol. The van der Waals surface area contributed by atoms with Gasteiger partial charge in [0.15, 0.2) is 11.6 Å². The third-order valence-corrected chi connectivity index (χ3v) is 4.44. The number of ketones is 2. The van der Waals surface area contributed by atoms with E-state index in [1.165, 1.54) is 16.7 Å². The first-order valence-corrected chi connectivity index (χ1v) is 7.80. The Hall–Kier alpha value is -2.22. The molecule has 0 unspecified atom stereocenters. The van der Waals surface area contributed by atoms with E-state index in [0.29, 0.717) is 24.4 Å². The minimum atomic E-state index is 0.306. The van der Waals surface area contributed by atoms with Crippen LogP contribution in [0.5, 0.6) is 0 Å². The second-order valence-electron chi connectivity index (χ2n) is 6.12. The van der Waals surface area contributed by atoms with Gasteiger partial charge in [0.2, 0.25) is 0 Å². The van der Waals surface area contributed by atoms with Crippen LogP contribution in [0.15, 0.2) is 36.4 Å². The minimum absolute atomic E-state index is 0.306. The molecule has 2 nitrogen and oxygen atoms in total. The van der Waals surface area contributed by atoms with E-state index in [1.54, 1.807) is 0 Å². The van der Waals surface area contributed by atoms with Gasteiger partial charge >= 0.3 is 0 Å². The van der Waals surface area contributed by atoms with Crippen molar-refractivity contribution in [2.75, 3.05) is 0 Å². The summed E-state index contributed by atoms with van der Waals surface area (Å²) in [5.41, 5.74) is 6.76. The fraction of sp³-hybridized carbons (Fsp3) is 0.300. The topological polar surface area (TPSA) is 34.1 Å². The number of hydrogen-bond donors (Lipinski definition) is 0. The Morgan fingerprint density at radius 3 is 2.27 bits per heavy atom. The van der Waals surface area contributed by atoms with Crippen LogP contribution in [0.2, 0.25) is 0 Å². The highest BCUT2D eigenvalue weighted by molar-refractivity contribution is 6.01. The summed E-state index contributed by atoms with van der Waals surface area (Å²) in [4.78, 5) is 22.5. The predicted molar refractivity (Wildman–Crippen MR) is 87.7 cm³/mol. The lowest BCUT2D eigenvalue weighted by Gasteiger charge is -1.99. The smallest absolute Gasteiger partial charge is 0.163 e. The summed E-state index contributed by atoms with van der Waals surface area (Å²) in [6.07, 6.45) is 3.30. The van der Waals surface area contributed by atoms with Crippen LogP contribution in [-0.2, 0) is 12.8 Å². The Bertz CT molecular complexity index is 756. The summed E-state index contributed by atoms with van der Waals surface area (Å²) >= 11 is 0. The largest absolute Gasteiger partial charge is 0.294 e. The zero-order valence-corrected chi connectivity index (χ0v) is 13.1. The molecule has 0 aromatic heterocycles. The van der Waals surface area contributed by atoms with E-state index < -0.39 is 0 Å². The van der Waals surface area contributed by atoms with Crippen molar-refractivity contribution >= 4 is 11.6 Å². The Labute approximate surface area is 131 Å². The lowest BCUT2D eigenvalue weighted by atomic mass is 10.0. The number of carbonyl (C=O) groups is 2. The molecule has 2 aromatic carbocycles. The molecule has 0 N–H and O–H groups in total. The summed E-state index contributed by atoms with van der Waals surface area (Å²) in [6, 6.07) is 12.1. The van der Waals surface area contributed by atoms with Crippen LogP contribution in [0.1, 0.15) is 55.8 Å². The van der Waals surface area contributed by atoms with Crippen molar-refractivity contribution in [3.8, 4) is 0 Å². The van der Waals surface area contributed by atoms with Crippen molar-refractivity contribution in [2.24, 2.45) is 0 Å². The van der Waals surface area contributed by atoms with Gasteiger partial charge in [-0.25, -0.2) is 0 Å². The summed E-state index contributed by atoms with van der Waals surface area (Å²) in [6.45, 7) is 4.06. The van der Waals surface area contributed by atoms with E-state index in [0.717, 1.165) is 29.5 Å². The molecule has 22 heavy (non-hydrogen) atoms. The number of fused-ring (bicyclic) bond motifs is 2. The molecule has 2 aliphatic rings. The highest BCUT2D eigenvalue weighted by Crippen LogP contribution is 2.24. The first kappa shape index (κ1) is 14.7. The van der Waals surface area contributed by atoms with Crippen LogP contribution >= 0.6 is 0 Å². The maximum atomic E-state index is 11.3. The average molecular weight is 292 g/mol. The molecule has 112 valence electrons. The van der Waals surface area contributed by atoms with E-state index in [2.05, 4.69) is 13.0 Å². The van der Waals surface area contributed by atoms with Gasteiger partial charge in [0.1, 0.15) is 0 Å². The lowest BCUT2D eigenvalue weighted by Crippen LogP contribution is -1.94. The molecule has 2 heteroatoms. The quantitative estimate of drug-likeness (QED) is 0.727. The van der Waals surface area contributed by atoms with Crippen molar-refractivity contribution in [3.63, 3.8) is 0 Å². The van der Waals surface area contributed by atoms with E-state index >= 15 is 0 Å². The second kappa shape index (κ2) is 5.88. The highest BCUT2D eigenvalue weighted by Gasteiger charge is 2.20. The molecule has 0 saturated carbocycles. The standard InChI is InChI=1S/2C10H10O/c1-7-2-4-9-8(6-7)3-5-10(9)11;1-7-3-2-4-8-5-6-9(11)10(7)8/h2,4,6H,3,5H2,1H3;2-4H,5-6H2,1H3. The van der Waals surface area contributed by atoms with Gasteiger partial charge in [-0.1, -0.05) is 42.0 Å². The summed E-state index contributed by atoms with van der Waals surface area (Å²) < 4.78 is 0. The second-order valence-corrected chi connectivity index (χ2v) is 6.12. The van der Waals surface area contributed by atoms with E-state index in [4.69, 9.17) is 0 Å². The third-order valence-electron chi connectivity index (χ3n) is 4.44. The average Bonchev–Trinajstić information content (AvgIpc) is 3.05. The fourth-order valence-corrected chi connectivity index (χ4v) is 3.29. The zero-order chi connectivity index (χ0) is 15.7. The van der Waals surface area contributed by atoms with Crippen LogP contribution < -0.4 is 0 Å². The van der Waals surface area contributed by atoms with Gasteiger partial charge < -0.3 is 0 Å². The van der Waals surface area contributed by atoms with Crippen molar-refractivity contribution in [2.45, 2.75) is 39.5 Å². The summed E-state index contributed by atoms with van der Waals surface area (Å²) in [7, 11) is 0. The molecule has 0 spiro atoms. The monoisotopic (exact) mass is 292 g/mol. The fourth-order valence-electron chi connectivity index (χ4n) is 3.29. The molecule has 0 saturated heterocycles. The maximum absolute atomic E-state index is 11.3. The molecule has 0 bridgehead atoms. The number of aryl methyl sites for hydroxylation is 4. The summed E-state index contributed by atoms with van der Waals surface area (Å²) in [5, 5.41) is 0. The Morgan fingerprint density at radius 2 is 1.50 bits per heavy atom. The van der Waals surface area contributed by atoms with Crippen LogP contribution in [0.25, 0.3) is 0 Å². The number of carbonyl (C=O) groups excluding carboxylic acids is 2. The number of benzene rings is 2. The molecule has 0 amide bonds. The van der Waals surface area contributed by atoms with Gasteiger partial charge in [-0.3, -0.25) is 9.59 Å². The third kappa shape index (κ3) is 2.74. The van der Waals surface area contributed by atoms with Crippen molar-refractivity contribution in [1.82, 2.24) is 0 Å². The Morgan fingerprint density at radius 1 is 0.773 bits per heavy atom. The molecule has 0 heterocycles. The molecule has 0 fully saturated rings. The molecule has 0 aliphatic heterocycles. The van der Waals surface area contributed by atoms with Crippen molar-refractivity contribution in [3.05, 3.63) is 69.8 Å². The Kier molecular flexibility index (Phi) is 3.93. The van der Waals surface area contributed by atoms with Gasteiger partial charge in [0.25, 0.3) is 0 Å². The molecule has 0 atom stereocenters. The molecule has 4 rings (SSSR count). The van der Waals surface area contributed by atoms with Gasteiger partial charge in [-0.05, 0) is 43.4 Å². The highest BCUT2D eigenvalue weighted by atomic mass is 16.1. The van der Waals surface area contributed by atoms with Crippen LogP contribution in [-0.4, -0.2) is 11.6 Å². The Balaban J connectivity index is 0.000000131. The zero-order valence-electron chi connectivity index (χ0n) is 13.1. The van der Waals surface area contributed by atoms with Crippen molar-refractivity contribution < 1.29 is 9.59 Å². The normalized spacial score (nSPS) is 15.2. The molecule has 2 aromatic rings. The number of Topliss-reactive ketones (excluding diaryl/α,β-unsaturated/α-hetero) is 2. The van der Waals surface area contributed by atoms with E-state index in [1.807, 2.05) is 37.3 Å². The molecule has 2 aliphatic carbocycles. The first-order valence-electron chi connectivity index (χ1n) is 7.80. The van der Waals surface area contributed by atoms with Crippen molar-refractivity contribution in [1.29, 1.82) is 0 Å². The molecule has 0 radical (unpaired) electrons. The minimum Gasteiger partial charge on any atom is -0.294 e. The maximum Gasteiger partial charge on any atom is 0.163 e. The van der Waals surface area contributed by atoms with Gasteiger partial charge in [0, 0.05) is 24.0 Å². The number of hydrogen-bond acceptors (Lipinski definition) is 2. The van der Waals surface area contributed by atoms with E-state index in [9.17, 15) is 9.59 Å². The predicted octanol–water partition coefficient (Wildman–Crippen LogP) is 4.25. The van der Waals surface area contributed by atoms with Gasteiger partial charge in [-0.2, -0.15) is 0 Å². The number of rotatable bonds is 0. The van der Waals surface area contributed by atoms with E-state index in [-0.39, 0.29) is 0 Å². The first-order chi connectivity index (χ1) is 10.6. The van der Waals surface area contributed by atoms with Crippen LogP contribution in [0, 0.1) is 13.8 Å². The SMILES string of the molecule is Cc1ccc2c(c1)CCC2=O.Cc1cccc2c1C(=O)CC2. The summed E-state index contributed by atoms with van der Waals surface area (Å²) in [5.74, 6) is 0.623.